The largest absolute Gasteiger partial charge is 0.461 e. The molecule has 4 aromatic rings. The van der Waals surface area contributed by atoms with E-state index in [-0.39, 0.29) is 12.5 Å². The highest BCUT2D eigenvalue weighted by atomic mass is 35.5. The van der Waals surface area contributed by atoms with E-state index in [9.17, 15) is 4.79 Å². The number of hydrogen-bond donors (Lipinski definition) is 1. The lowest BCUT2D eigenvalue weighted by Crippen LogP contribution is -2.19. The van der Waals surface area contributed by atoms with Crippen LogP contribution in [0.15, 0.2) is 71.3 Å². The van der Waals surface area contributed by atoms with Crippen LogP contribution in [0.3, 0.4) is 0 Å². The van der Waals surface area contributed by atoms with Crippen LogP contribution in [-0.4, -0.2) is 15.5 Å². The Labute approximate surface area is 148 Å². The lowest BCUT2D eigenvalue weighted by molar-refractivity contribution is -0.116. The molecule has 0 bridgehead atoms. The minimum absolute atomic E-state index is 0.114. The average molecular weight is 352 g/mol. The van der Waals surface area contributed by atoms with Gasteiger partial charge in [-0.3, -0.25) is 4.79 Å². The summed E-state index contributed by atoms with van der Waals surface area (Å²) in [5.74, 6) is 1.07. The molecule has 0 radical (unpaired) electrons. The maximum Gasteiger partial charge on any atom is 0.244 e. The molecule has 2 heterocycles. The van der Waals surface area contributed by atoms with Crippen molar-refractivity contribution in [1.82, 2.24) is 9.55 Å². The third-order valence-electron chi connectivity index (χ3n) is 3.81. The van der Waals surface area contributed by atoms with Crippen LogP contribution in [0.4, 0.5) is 5.69 Å². The first-order valence-electron chi connectivity index (χ1n) is 7.75. The lowest BCUT2D eigenvalue weighted by atomic mass is 10.3. The molecule has 0 atom stereocenters. The number of benzene rings is 2. The van der Waals surface area contributed by atoms with E-state index in [4.69, 9.17) is 16.0 Å². The zero-order chi connectivity index (χ0) is 17.2. The van der Waals surface area contributed by atoms with Crippen molar-refractivity contribution in [3.8, 4) is 11.6 Å². The van der Waals surface area contributed by atoms with Crippen molar-refractivity contribution in [2.75, 3.05) is 5.32 Å². The maximum absolute atomic E-state index is 12.5. The fourth-order valence-corrected chi connectivity index (χ4v) is 2.93. The number of carbonyl (C=O) groups excluding carboxylic acids is 1. The molecule has 0 saturated heterocycles. The first kappa shape index (κ1) is 15.5. The molecule has 0 unspecified atom stereocenters. The number of anilines is 1. The average Bonchev–Trinajstić information content (AvgIpc) is 3.23. The zero-order valence-corrected chi connectivity index (χ0v) is 13.9. The minimum Gasteiger partial charge on any atom is -0.461 e. The highest BCUT2D eigenvalue weighted by molar-refractivity contribution is 6.30. The third kappa shape index (κ3) is 3.14. The van der Waals surface area contributed by atoms with Gasteiger partial charge in [0.15, 0.2) is 11.6 Å². The number of fused-ring (bicyclic) bond motifs is 1. The van der Waals surface area contributed by atoms with Crippen molar-refractivity contribution in [2.24, 2.45) is 0 Å². The van der Waals surface area contributed by atoms with Gasteiger partial charge in [-0.15, -0.1) is 0 Å². The molecule has 0 spiro atoms. The van der Waals surface area contributed by atoms with Gasteiger partial charge in [0.05, 0.1) is 17.3 Å². The van der Waals surface area contributed by atoms with Crippen LogP contribution in [0.25, 0.3) is 22.6 Å². The normalized spacial score (nSPS) is 10.9. The SMILES string of the molecule is O=C(Cn1c(-c2ccco2)nc2ccccc21)Nc1cccc(Cl)c1. The number of amides is 1. The second-order valence-corrected chi connectivity index (χ2v) is 5.98. The molecular formula is C19H14ClN3O2. The van der Waals surface area contributed by atoms with E-state index in [1.165, 1.54) is 0 Å². The van der Waals surface area contributed by atoms with Crippen molar-refractivity contribution in [3.05, 3.63) is 71.9 Å². The van der Waals surface area contributed by atoms with Gasteiger partial charge in [0, 0.05) is 10.7 Å². The number of aromatic nitrogens is 2. The summed E-state index contributed by atoms with van der Waals surface area (Å²) in [6, 6.07) is 18.3. The molecule has 6 heteroatoms. The van der Waals surface area contributed by atoms with E-state index in [2.05, 4.69) is 10.3 Å². The summed E-state index contributed by atoms with van der Waals surface area (Å²) in [4.78, 5) is 17.1. The lowest BCUT2D eigenvalue weighted by Gasteiger charge is -2.09. The topological polar surface area (TPSA) is 60.1 Å². The monoisotopic (exact) mass is 351 g/mol. The number of rotatable bonds is 4. The van der Waals surface area contributed by atoms with E-state index in [0.717, 1.165) is 11.0 Å². The Morgan fingerprint density at radius 3 is 2.80 bits per heavy atom. The van der Waals surface area contributed by atoms with Gasteiger partial charge < -0.3 is 14.3 Å². The molecule has 0 fully saturated rings. The van der Waals surface area contributed by atoms with E-state index in [1.807, 2.05) is 34.9 Å². The highest BCUT2D eigenvalue weighted by Gasteiger charge is 2.16. The second-order valence-electron chi connectivity index (χ2n) is 5.55. The van der Waals surface area contributed by atoms with Gasteiger partial charge in [-0.25, -0.2) is 4.98 Å². The van der Waals surface area contributed by atoms with Crippen molar-refractivity contribution < 1.29 is 9.21 Å². The van der Waals surface area contributed by atoms with Gasteiger partial charge in [0.2, 0.25) is 5.91 Å². The summed E-state index contributed by atoms with van der Waals surface area (Å²) in [7, 11) is 0. The molecule has 0 aliphatic heterocycles. The summed E-state index contributed by atoms with van der Waals surface area (Å²) in [5.41, 5.74) is 2.33. The summed E-state index contributed by atoms with van der Waals surface area (Å²) >= 11 is 5.96. The van der Waals surface area contributed by atoms with Gasteiger partial charge >= 0.3 is 0 Å². The van der Waals surface area contributed by atoms with Gasteiger partial charge in [-0.1, -0.05) is 29.8 Å². The van der Waals surface area contributed by atoms with Gasteiger partial charge in [-0.05, 0) is 42.5 Å². The number of carbonyl (C=O) groups is 1. The molecule has 5 nitrogen and oxygen atoms in total. The smallest absolute Gasteiger partial charge is 0.244 e. The molecule has 2 aromatic heterocycles. The molecule has 1 amide bonds. The van der Waals surface area contributed by atoms with Crippen molar-refractivity contribution in [1.29, 1.82) is 0 Å². The van der Waals surface area contributed by atoms with Crippen LogP contribution in [0.1, 0.15) is 0 Å². The van der Waals surface area contributed by atoms with E-state index >= 15 is 0 Å². The molecule has 0 aliphatic carbocycles. The highest BCUT2D eigenvalue weighted by Crippen LogP contribution is 2.25. The van der Waals surface area contributed by atoms with Crippen molar-refractivity contribution in [2.45, 2.75) is 6.54 Å². The number of furan rings is 1. The summed E-state index contributed by atoms with van der Waals surface area (Å²) < 4.78 is 7.31. The van der Waals surface area contributed by atoms with Crippen LogP contribution >= 0.6 is 11.6 Å². The first-order valence-corrected chi connectivity index (χ1v) is 8.13. The molecule has 0 saturated carbocycles. The third-order valence-corrected chi connectivity index (χ3v) is 4.04. The molecule has 124 valence electrons. The van der Waals surface area contributed by atoms with Crippen LogP contribution < -0.4 is 5.32 Å². The predicted octanol–water partition coefficient (Wildman–Crippen LogP) is 4.59. The van der Waals surface area contributed by atoms with Crippen LogP contribution in [0.5, 0.6) is 0 Å². The zero-order valence-electron chi connectivity index (χ0n) is 13.1. The fraction of sp³-hybridized carbons (Fsp3) is 0.0526. The van der Waals surface area contributed by atoms with Crippen LogP contribution in [-0.2, 0) is 11.3 Å². The Kier molecular flexibility index (Phi) is 3.99. The van der Waals surface area contributed by atoms with E-state index in [1.54, 1.807) is 36.6 Å². The Hall–Kier alpha value is -3.05. The van der Waals surface area contributed by atoms with E-state index < -0.39 is 0 Å². The van der Waals surface area contributed by atoms with E-state index in [0.29, 0.717) is 22.3 Å². The second kappa shape index (κ2) is 6.45. The molecular weight excluding hydrogens is 338 g/mol. The fourth-order valence-electron chi connectivity index (χ4n) is 2.74. The number of halogens is 1. The quantitative estimate of drug-likeness (QED) is 0.585. The Bertz CT molecular complexity index is 1040. The number of nitrogens with one attached hydrogen (secondary N) is 1. The summed E-state index contributed by atoms with van der Waals surface area (Å²) in [6.45, 7) is 0.114. The standard InChI is InChI=1S/C19H14ClN3O2/c20-13-5-3-6-14(11-13)21-18(24)12-23-16-8-2-1-7-15(16)22-19(23)17-9-4-10-25-17/h1-11H,12H2,(H,21,24). The van der Waals surface area contributed by atoms with Crippen LogP contribution in [0, 0.1) is 0 Å². The summed E-state index contributed by atoms with van der Waals surface area (Å²) in [5, 5.41) is 3.43. The molecule has 4 rings (SSSR count). The number of nitrogens with zero attached hydrogens (tertiary/aromatic N) is 2. The van der Waals surface area contributed by atoms with Gasteiger partial charge in [0.25, 0.3) is 0 Å². The van der Waals surface area contributed by atoms with Crippen molar-refractivity contribution in [3.63, 3.8) is 0 Å². The maximum atomic E-state index is 12.5. The molecule has 0 aliphatic rings. The molecule has 1 N–H and O–H groups in total. The number of hydrogen-bond acceptors (Lipinski definition) is 3. The molecule has 2 aromatic carbocycles. The first-order chi connectivity index (χ1) is 12.2. The Morgan fingerprint density at radius 1 is 1.12 bits per heavy atom. The van der Waals surface area contributed by atoms with Crippen molar-refractivity contribution >= 4 is 34.2 Å². The molecule has 25 heavy (non-hydrogen) atoms. The Balaban J connectivity index is 1.68. The Morgan fingerprint density at radius 2 is 2.00 bits per heavy atom. The number of imidazole rings is 1. The van der Waals surface area contributed by atoms with Crippen LogP contribution in [0.2, 0.25) is 5.02 Å². The van der Waals surface area contributed by atoms with Gasteiger partial charge in [-0.2, -0.15) is 0 Å². The summed E-state index contributed by atoms with van der Waals surface area (Å²) in [6.07, 6.45) is 1.59. The minimum atomic E-state index is -0.168. The number of para-hydroxylation sites is 2. The van der Waals surface area contributed by atoms with Gasteiger partial charge in [0.1, 0.15) is 6.54 Å². The predicted molar refractivity (Wildman–Crippen MR) is 97.5 cm³/mol.